The highest BCUT2D eigenvalue weighted by atomic mass is 127. The van der Waals surface area contributed by atoms with Crippen LogP contribution in [0.4, 0.5) is 0 Å². The summed E-state index contributed by atoms with van der Waals surface area (Å²) in [6.07, 6.45) is 0.541. The molecule has 14 heavy (non-hydrogen) atoms. The largest absolute Gasteiger partial charge is 0.298 e. The van der Waals surface area contributed by atoms with Gasteiger partial charge in [0.1, 0.15) is 6.07 Å². The molecule has 70 valence electrons. The molecule has 5 heteroatoms. The van der Waals surface area contributed by atoms with Crippen molar-refractivity contribution in [2.24, 2.45) is 0 Å². The van der Waals surface area contributed by atoms with Gasteiger partial charge in [-0.2, -0.15) is 5.26 Å². The van der Waals surface area contributed by atoms with E-state index in [9.17, 15) is 9.59 Å². The number of halogens is 2. The van der Waals surface area contributed by atoms with E-state index in [1.54, 1.807) is 0 Å². The molecule has 0 saturated carbocycles. The van der Waals surface area contributed by atoms with Crippen molar-refractivity contribution < 1.29 is 9.59 Å². The first-order valence-corrected chi connectivity index (χ1v) is 4.94. The Kier molecular flexibility index (Phi) is 3.61. The van der Waals surface area contributed by atoms with Crippen molar-refractivity contribution in [3.63, 3.8) is 0 Å². The summed E-state index contributed by atoms with van der Waals surface area (Å²) in [5.41, 5.74) is 0.604. The second kappa shape index (κ2) is 4.53. The summed E-state index contributed by atoms with van der Waals surface area (Å²) in [6.45, 7) is 0. The van der Waals surface area contributed by atoms with Crippen LogP contribution in [0, 0.1) is 14.9 Å². The van der Waals surface area contributed by atoms with Crippen molar-refractivity contribution in [1.82, 2.24) is 0 Å². The molecule has 3 nitrogen and oxygen atoms in total. The number of nitriles is 1. The summed E-state index contributed by atoms with van der Waals surface area (Å²) in [4.78, 5) is 21.5. The lowest BCUT2D eigenvalue weighted by atomic mass is 10.1. The Morgan fingerprint density at radius 3 is 2.64 bits per heavy atom. The third kappa shape index (κ3) is 2.11. The van der Waals surface area contributed by atoms with Gasteiger partial charge in [0.15, 0.2) is 6.29 Å². The quantitative estimate of drug-likeness (QED) is 0.478. The number of benzene rings is 1. The van der Waals surface area contributed by atoms with Gasteiger partial charge in [0, 0.05) is 14.7 Å². The van der Waals surface area contributed by atoms with E-state index in [0.29, 0.717) is 15.4 Å². The van der Waals surface area contributed by atoms with Crippen LogP contribution in [0.3, 0.4) is 0 Å². The van der Waals surface area contributed by atoms with E-state index in [1.165, 1.54) is 12.1 Å². The van der Waals surface area contributed by atoms with Crippen LogP contribution in [0.1, 0.15) is 26.3 Å². The molecule has 0 radical (unpaired) electrons. The van der Waals surface area contributed by atoms with Gasteiger partial charge in [0.2, 0.25) is 0 Å². The first kappa shape index (κ1) is 11.1. The fourth-order valence-corrected chi connectivity index (χ4v) is 1.72. The van der Waals surface area contributed by atoms with Crippen LogP contribution in [0.5, 0.6) is 0 Å². The summed E-state index contributed by atoms with van der Waals surface area (Å²) < 4.78 is 0.619. The van der Waals surface area contributed by atoms with Crippen LogP contribution in [-0.4, -0.2) is 11.5 Å². The predicted molar refractivity (Wildman–Crippen MR) is 59.4 cm³/mol. The minimum atomic E-state index is -0.736. The number of carbonyl (C=O) groups excluding carboxylic acids is 2. The monoisotopic (exact) mass is 319 g/mol. The highest BCUT2D eigenvalue weighted by Gasteiger charge is 2.12. The number of hydrogen-bond donors (Lipinski definition) is 0. The molecule has 0 atom stereocenters. The van der Waals surface area contributed by atoms with Gasteiger partial charge < -0.3 is 0 Å². The van der Waals surface area contributed by atoms with Crippen molar-refractivity contribution in [3.8, 4) is 6.07 Å². The first-order chi connectivity index (χ1) is 6.60. The number of hydrogen-bond acceptors (Lipinski definition) is 3. The lowest BCUT2D eigenvalue weighted by Gasteiger charge is -2.01. The smallest absolute Gasteiger partial charge is 0.253 e. The van der Waals surface area contributed by atoms with Crippen LogP contribution in [-0.2, 0) is 0 Å². The second-order valence-electron chi connectivity index (χ2n) is 2.42. The van der Waals surface area contributed by atoms with Gasteiger partial charge in [-0.15, -0.1) is 0 Å². The lowest BCUT2D eigenvalue weighted by molar-refractivity contribution is 0.106. The average Bonchev–Trinajstić information content (AvgIpc) is 2.16. The number of carbonyl (C=O) groups is 2. The Balaban J connectivity index is 3.49. The van der Waals surface area contributed by atoms with E-state index in [-0.39, 0.29) is 11.1 Å². The molecule has 0 aliphatic carbocycles. The summed E-state index contributed by atoms with van der Waals surface area (Å²) in [6, 6.07) is 4.69. The molecule has 0 spiro atoms. The molecule has 0 N–H and O–H groups in total. The Labute approximate surface area is 98.8 Å². The maximum atomic E-state index is 10.9. The molecule has 1 aromatic rings. The zero-order chi connectivity index (χ0) is 10.7. The average molecular weight is 319 g/mol. The Morgan fingerprint density at radius 2 is 2.21 bits per heavy atom. The first-order valence-electron chi connectivity index (χ1n) is 3.48. The Morgan fingerprint density at radius 1 is 1.57 bits per heavy atom. The van der Waals surface area contributed by atoms with E-state index in [4.69, 9.17) is 16.9 Å². The summed E-state index contributed by atoms with van der Waals surface area (Å²) >= 11 is 7.17. The molecule has 0 aromatic heterocycles. The Hall–Kier alpha value is -0.930. The van der Waals surface area contributed by atoms with Crippen molar-refractivity contribution in [2.45, 2.75) is 0 Å². The third-order valence-electron chi connectivity index (χ3n) is 1.60. The van der Waals surface area contributed by atoms with Gasteiger partial charge in [0.05, 0.1) is 5.56 Å². The molecule has 1 rings (SSSR count). The molecule has 1 aromatic carbocycles. The summed E-state index contributed by atoms with van der Waals surface area (Å²) in [5, 5.41) is 7.95. The second-order valence-corrected chi connectivity index (χ2v) is 3.93. The summed E-state index contributed by atoms with van der Waals surface area (Å²) in [5.74, 6) is 0. The molecular weight excluding hydrogens is 316 g/mol. The van der Waals surface area contributed by atoms with Crippen LogP contribution in [0.2, 0.25) is 0 Å². The van der Waals surface area contributed by atoms with Gasteiger partial charge >= 0.3 is 0 Å². The minimum absolute atomic E-state index is 0.0682. The number of aldehydes is 1. The SMILES string of the molecule is N#Cc1cc(C(=O)Cl)c(C=O)cc1I. The fraction of sp³-hybridized carbons (Fsp3) is 0. The van der Waals surface area contributed by atoms with Crippen molar-refractivity contribution in [1.29, 1.82) is 5.26 Å². The fourth-order valence-electron chi connectivity index (χ4n) is 0.942. The van der Waals surface area contributed by atoms with Crippen molar-refractivity contribution in [3.05, 3.63) is 32.4 Å². The van der Waals surface area contributed by atoms with E-state index in [2.05, 4.69) is 0 Å². The molecule has 0 saturated heterocycles. The highest BCUT2D eigenvalue weighted by molar-refractivity contribution is 14.1. The lowest BCUT2D eigenvalue weighted by Crippen LogP contribution is -1.99. The number of nitrogens with zero attached hydrogens (tertiary/aromatic N) is 1. The van der Waals surface area contributed by atoms with Gasteiger partial charge in [-0.05, 0) is 46.3 Å². The highest BCUT2D eigenvalue weighted by Crippen LogP contribution is 2.18. The van der Waals surface area contributed by atoms with E-state index in [0.717, 1.165) is 0 Å². The van der Waals surface area contributed by atoms with Crippen LogP contribution >= 0.6 is 34.2 Å². The van der Waals surface area contributed by atoms with E-state index in [1.807, 2.05) is 28.7 Å². The van der Waals surface area contributed by atoms with E-state index >= 15 is 0 Å². The normalized spacial score (nSPS) is 9.21. The maximum Gasteiger partial charge on any atom is 0.253 e. The van der Waals surface area contributed by atoms with Crippen LogP contribution < -0.4 is 0 Å². The topological polar surface area (TPSA) is 57.9 Å². The minimum Gasteiger partial charge on any atom is -0.298 e. The van der Waals surface area contributed by atoms with Gasteiger partial charge in [0.25, 0.3) is 5.24 Å². The van der Waals surface area contributed by atoms with Gasteiger partial charge in [-0.25, -0.2) is 0 Å². The summed E-state index contributed by atoms with van der Waals surface area (Å²) in [7, 11) is 0. The molecule has 0 bridgehead atoms. The zero-order valence-corrected chi connectivity index (χ0v) is 9.67. The van der Waals surface area contributed by atoms with Crippen LogP contribution in [0.25, 0.3) is 0 Å². The van der Waals surface area contributed by atoms with Gasteiger partial charge in [-0.3, -0.25) is 9.59 Å². The zero-order valence-electron chi connectivity index (χ0n) is 6.75. The van der Waals surface area contributed by atoms with Crippen molar-refractivity contribution in [2.75, 3.05) is 0 Å². The molecule has 0 heterocycles. The van der Waals surface area contributed by atoms with Gasteiger partial charge in [-0.1, -0.05) is 0 Å². The predicted octanol–water partition coefficient (Wildman–Crippen LogP) is 2.35. The van der Waals surface area contributed by atoms with Crippen LogP contribution in [0.15, 0.2) is 12.1 Å². The molecule has 0 unspecified atom stereocenters. The maximum absolute atomic E-state index is 10.9. The molecule has 0 amide bonds. The molecule has 0 aliphatic heterocycles. The molecule has 0 aliphatic rings. The standard InChI is InChI=1S/C9H3ClINO2/c10-9(14)7-1-5(3-12)8(11)2-6(7)4-13/h1-2,4H. The Bertz CT molecular complexity index is 451. The number of rotatable bonds is 2. The third-order valence-corrected chi connectivity index (χ3v) is 2.69. The van der Waals surface area contributed by atoms with E-state index < -0.39 is 5.24 Å². The molecular formula is C9H3ClINO2. The molecule has 0 fully saturated rings. The van der Waals surface area contributed by atoms with Crippen molar-refractivity contribution >= 4 is 45.7 Å².